The molecule has 0 aliphatic carbocycles. The van der Waals surface area contributed by atoms with Gasteiger partial charge in [-0.1, -0.05) is 146 Å². The lowest BCUT2D eigenvalue weighted by Gasteiger charge is -2.12. The Kier molecular flexibility index (Phi) is 7.46. The van der Waals surface area contributed by atoms with Crippen molar-refractivity contribution in [2.45, 2.75) is 0 Å². The fourth-order valence-electron chi connectivity index (χ4n) is 8.41. The van der Waals surface area contributed by atoms with Gasteiger partial charge in [-0.25, -0.2) is 9.97 Å². The monoisotopic (exact) mass is 714 g/mol. The van der Waals surface area contributed by atoms with Crippen molar-refractivity contribution in [3.8, 4) is 56.4 Å². The Morgan fingerprint density at radius 2 is 0.839 bits per heavy atom. The highest BCUT2D eigenvalue weighted by atomic mass is 15.0. The lowest BCUT2D eigenvalue weighted by atomic mass is 9.98. The third kappa shape index (κ3) is 5.23. The summed E-state index contributed by atoms with van der Waals surface area (Å²) in [6.07, 6.45) is 0. The van der Waals surface area contributed by atoms with Crippen LogP contribution in [-0.2, 0) is 0 Å². The van der Waals surface area contributed by atoms with E-state index in [2.05, 4.69) is 191 Å². The molecule has 0 saturated carbocycles. The summed E-state index contributed by atoms with van der Waals surface area (Å²) in [5, 5.41) is 4.94. The molecule has 0 amide bonds. The quantitative estimate of drug-likeness (QED) is 0.172. The molecule has 8 aromatic carbocycles. The van der Waals surface area contributed by atoms with E-state index in [4.69, 9.17) is 9.97 Å². The first kappa shape index (κ1) is 31.9. The summed E-state index contributed by atoms with van der Waals surface area (Å²) in [5.41, 5.74) is 14.2. The molecule has 0 spiro atoms. The minimum atomic E-state index is 0.707. The van der Waals surface area contributed by atoms with E-state index in [1.54, 1.807) is 0 Å². The SMILES string of the molecule is c1ccc(-c2cc(-c3cccc(-n4c5ccccc5c5cc(-c6cccc7c6c6ccccc6n7-c6ccccc6)ccc54)c3)nc(-c3ccccc3)n2)cc1. The lowest BCUT2D eigenvalue weighted by Crippen LogP contribution is -1.97. The summed E-state index contributed by atoms with van der Waals surface area (Å²) < 4.78 is 4.77. The number of benzene rings is 8. The van der Waals surface area contributed by atoms with Gasteiger partial charge in [-0.3, -0.25) is 0 Å². The van der Waals surface area contributed by atoms with Crippen LogP contribution in [0.2, 0.25) is 0 Å². The molecule has 0 unspecified atom stereocenters. The molecule has 0 aliphatic rings. The van der Waals surface area contributed by atoms with Crippen molar-refractivity contribution < 1.29 is 0 Å². The molecular formula is C52H34N4. The van der Waals surface area contributed by atoms with Crippen molar-refractivity contribution in [2.24, 2.45) is 0 Å². The summed E-state index contributed by atoms with van der Waals surface area (Å²) >= 11 is 0. The van der Waals surface area contributed by atoms with Crippen molar-refractivity contribution >= 4 is 43.6 Å². The van der Waals surface area contributed by atoms with Crippen molar-refractivity contribution in [1.82, 2.24) is 19.1 Å². The van der Waals surface area contributed by atoms with Gasteiger partial charge in [-0.15, -0.1) is 0 Å². The van der Waals surface area contributed by atoms with Gasteiger partial charge in [0.2, 0.25) is 0 Å². The fraction of sp³-hybridized carbons (Fsp3) is 0. The number of aromatic nitrogens is 4. The predicted octanol–water partition coefficient (Wildman–Crippen LogP) is 13.3. The summed E-state index contributed by atoms with van der Waals surface area (Å²) in [5.74, 6) is 0.707. The molecule has 3 aromatic heterocycles. The maximum Gasteiger partial charge on any atom is 0.160 e. The topological polar surface area (TPSA) is 35.6 Å². The van der Waals surface area contributed by atoms with E-state index >= 15 is 0 Å². The second kappa shape index (κ2) is 13.1. The second-order valence-electron chi connectivity index (χ2n) is 14.2. The average molecular weight is 715 g/mol. The first-order chi connectivity index (χ1) is 27.8. The van der Waals surface area contributed by atoms with Crippen LogP contribution in [0.1, 0.15) is 0 Å². The maximum atomic E-state index is 5.14. The second-order valence-corrected chi connectivity index (χ2v) is 14.2. The Labute approximate surface area is 324 Å². The number of hydrogen-bond donors (Lipinski definition) is 0. The van der Waals surface area contributed by atoms with E-state index in [1.807, 2.05) is 24.3 Å². The molecule has 3 heterocycles. The maximum absolute atomic E-state index is 5.14. The Balaban J connectivity index is 1.08. The molecule has 4 nitrogen and oxygen atoms in total. The molecule has 0 bridgehead atoms. The van der Waals surface area contributed by atoms with E-state index in [1.165, 1.54) is 43.7 Å². The van der Waals surface area contributed by atoms with Crippen LogP contribution in [0.4, 0.5) is 0 Å². The normalized spacial score (nSPS) is 11.6. The van der Waals surface area contributed by atoms with Crippen LogP contribution in [0, 0.1) is 0 Å². The van der Waals surface area contributed by atoms with Crippen molar-refractivity contribution in [3.63, 3.8) is 0 Å². The van der Waals surface area contributed by atoms with E-state index in [0.29, 0.717) is 5.82 Å². The van der Waals surface area contributed by atoms with Gasteiger partial charge in [0, 0.05) is 49.6 Å². The molecule has 11 rings (SSSR count). The number of fused-ring (bicyclic) bond motifs is 6. The van der Waals surface area contributed by atoms with Gasteiger partial charge < -0.3 is 9.13 Å². The number of nitrogens with zero attached hydrogens (tertiary/aromatic N) is 4. The Morgan fingerprint density at radius 3 is 1.61 bits per heavy atom. The number of para-hydroxylation sites is 3. The molecule has 0 fully saturated rings. The van der Waals surface area contributed by atoms with E-state index in [9.17, 15) is 0 Å². The molecule has 0 N–H and O–H groups in total. The van der Waals surface area contributed by atoms with Crippen LogP contribution >= 0.6 is 0 Å². The van der Waals surface area contributed by atoms with Crippen LogP contribution < -0.4 is 0 Å². The lowest BCUT2D eigenvalue weighted by molar-refractivity contribution is 1.16. The van der Waals surface area contributed by atoms with Gasteiger partial charge in [-0.05, 0) is 71.8 Å². The van der Waals surface area contributed by atoms with Gasteiger partial charge in [0.05, 0.1) is 33.5 Å². The van der Waals surface area contributed by atoms with Gasteiger partial charge >= 0.3 is 0 Å². The van der Waals surface area contributed by atoms with Crippen LogP contribution in [-0.4, -0.2) is 19.1 Å². The molecule has 0 aliphatic heterocycles. The molecule has 4 heteroatoms. The van der Waals surface area contributed by atoms with Crippen LogP contribution in [0.5, 0.6) is 0 Å². The van der Waals surface area contributed by atoms with Gasteiger partial charge in [0.25, 0.3) is 0 Å². The Hall–Kier alpha value is -7.56. The molecule has 11 aromatic rings. The zero-order valence-electron chi connectivity index (χ0n) is 30.4. The van der Waals surface area contributed by atoms with Crippen molar-refractivity contribution in [2.75, 3.05) is 0 Å². The van der Waals surface area contributed by atoms with Crippen LogP contribution in [0.15, 0.2) is 206 Å². The van der Waals surface area contributed by atoms with Gasteiger partial charge in [-0.2, -0.15) is 0 Å². The predicted molar refractivity (Wildman–Crippen MR) is 232 cm³/mol. The minimum absolute atomic E-state index is 0.707. The highest BCUT2D eigenvalue weighted by molar-refractivity contribution is 6.17. The summed E-state index contributed by atoms with van der Waals surface area (Å²) in [4.78, 5) is 10.2. The zero-order valence-corrected chi connectivity index (χ0v) is 30.4. The third-order valence-electron chi connectivity index (χ3n) is 10.9. The molecule has 0 radical (unpaired) electrons. The van der Waals surface area contributed by atoms with E-state index < -0.39 is 0 Å². The number of hydrogen-bond acceptors (Lipinski definition) is 2. The fourth-order valence-corrected chi connectivity index (χ4v) is 8.41. The Bertz CT molecular complexity index is 3170. The van der Waals surface area contributed by atoms with Gasteiger partial charge in [0.1, 0.15) is 0 Å². The first-order valence-corrected chi connectivity index (χ1v) is 19.0. The van der Waals surface area contributed by atoms with Crippen LogP contribution in [0.3, 0.4) is 0 Å². The largest absolute Gasteiger partial charge is 0.309 e. The molecule has 0 atom stereocenters. The van der Waals surface area contributed by atoms with Crippen LogP contribution in [0.25, 0.3) is 100 Å². The first-order valence-electron chi connectivity index (χ1n) is 19.0. The van der Waals surface area contributed by atoms with Crippen molar-refractivity contribution in [3.05, 3.63) is 206 Å². The zero-order chi connectivity index (χ0) is 37.0. The minimum Gasteiger partial charge on any atom is -0.309 e. The highest BCUT2D eigenvalue weighted by Crippen LogP contribution is 2.41. The third-order valence-corrected chi connectivity index (χ3v) is 10.9. The molecule has 56 heavy (non-hydrogen) atoms. The standard InChI is InChI=1S/C52H34N4/c1-4-16-35(17-5-1)45-34-46(54-52(53-45)36-18-6-2-7-19-36)38-20-14-23-40(32-38)56-47-27-12-10-24-42(47)44-33-37(30-31-49(44)56)41-26-15-29-50-51(41)43-25-11-13-28-48(43)55(50)39-21-8-3-9-22-39/h1-34H. The molecule has 0 saturated heterocycles. The van der Waals surface area contributed by atoms with E-state index in [0.717, 1.165) is 50.5 Å². The van der Waals surface area contributed by atoms with Crippen molar-refractivity contribution in [1.29, 1.82) is 0 Å². The molecule has 262 valence electrons. The Morgan fingerprint density at radius 1 is 0.304 bits per heavy atom. The van der Waals surface area contributed by atoms with Gasteiger partial charge in [0.15, 0.2) is 5.82 Å². The highest BCUT2D eigenvalue weighted by Gasteiger charge is 2.19. The summed E-state index contributed by atoms with van der Waals surface area (Å²) in [7, 11) is 0. The van der Waals surface area contributed by atoms with E-state index in [-0.39, 0.29) is 0 Å². The number of rotatable bonds is 6. The average Bonchev–Trinajstić information content (AvgIpc) is 3.80. The summed E-state index contributed by atoms with van der Waals surface area (Å²) in [6.45, 7) is 0. The smallest absolute Gasteiger partial charge is 0.160 e. The summed E-state index contributed by atoms with van der Waals surface area (Å²) in [6, 6.07) is 73.2. The molecular weight excluding hydrogens is 681 g/mol.